The van der Waals surface area contributed by atoms with Crippen LogP contribution in [0.2, 0.25) is 0 Å². The fourth-order valence-electron chi connectivity index (χ4n) is 3.43. The second-order valence-corrected chi connectivity index (χ2v) is 9.06. The van der Waals surface area contributed by atoms with Crippen molar-refractivity contribution in [3.05, 3.63) is 29.3 Å². The zero-order valence-corrected chi connectivity index (χ0v) is 16.6. The largest absolute Gasteiger partial charge is 0.340 e. The summed E-state index contributed by atoms with van der Waals surface area (Å²) in [5.41, 5.74) is 1.82. The molecule has 5 nitrogen and oxygen atoms in total. The van der Waals surface area contributed by atoms with Crippen LogP contribution in [0, 0.1) is 19.8 Å². The molecular formula is C19H30N2O3S. The summed E-state index contributed by atoms with van der Waals surface area (Å²) in [6, 6.07) is 5.40. The van der Waals surface area contributed by atoms with Gasteiger partial charge in [-0.3, -0.25) is 4.79 Å². The van der Waals surface area contributed by atoms with Gasteiger partial charge in [0, 0.05) is 32.6 Å². The fraction of sp³-hybridized carbons (Fsp3) is 0.632. The smallest absolute Gasteiger partial charge is 0.243 e. The van der Waals surface area contributed by atoms with Gasteiger partial charge in [-0.25, -0.2) is 8.42 Å². The van der Waals surface area contributed by atoms with Crippen LogP contribution >= 0.6 is 0 Å². The molecule has 1 aromatic carbocycles. The van der Waals surface area contributed by atoms with E-state index in [1.54, 1.807) is 11.0 Å². The second kappa shape index (κ2) is 8.32. The number of rotatable bonds is 6. The number of hydrogen-bond donors (Lipinski definition) is 0. The highest BCUT2D eigenvalue weighted by atomic mass is 32.2. The minimum absolute atomic E-state index is 0.143. The molecule has 0 aromatic heterocycles. The summed E-state index contributed by atoms with van der Waals surface area (Å²) < 4.78 is 27.3. The first-order valence-corrected chi connectivity index (χ1v) is 10.5. The van der Waals surface area contributed by atoms with E-state index in [0.29, 0.717) is 43.4 Å². The summed E-state index contributed by atoms with van der Waals surface area (Å²) >= 11 is 0. The normalized spacial score (nSPS) is 17.5. The predicted molar refractivity (Wildman–Crippen MR) is 99.9 cm³/mol. The molecule has 1 heterocycles. The van der Waals surface area contributed by atoms with Crippen LogP contribution in [0.25, 0.3) is 0 Å². The first-order valence-electron chi connectivity index (χ1n) is 9.11. The maximum atomic E-state index is 12.9. The lowest BCUT2D eigenvalue weighted by atomic mass is 10.0. The highest BCUT2D eigenvalue weighted by Crippen LogP contribution is 2.22. The van der Waals surface area contributed by atoms with E-state index in [1.165, 1.54) is 4.31 Å². The molecule has 6 heteroatoms. The minimum atomic E-state index is -3.49. The van der Waals surface area contributed by atoms with Crippen LogP contribution in [0.1, 0.15) is 44.2 Å². The van der Waals surface area contributed by atoms with Crippen LogP contribution in [0.15, 0.2) is 23.1 Å². The van der Waals surface area contributed by atoms with Crippen molar-refractivity contribution in [2.45, 2.75) is 51.9 Å². The van der Waals surface area contributed by atoms with E-state index >= 15 is 0 Å². The van der Waals surface area contributed by atoms with E-state index in [2.05, 4.69) is 13.8 Å². The third-order valence-corrected chi connectivity index (χ3v) is 6.90. The molecule has 0 bridgehead atoms. The Morgan fingerprint density at radius 2 is 1.80 bits per heavy atom. The van der Waals surface area contributed by atoms with Gasteiger partial charge in [-0.1, -0.05) is 44.4 Å². The molecule has 1 aromatic rings. The van der Waals surface area contributed by atoms with E-state index in [1.807, 2.05) is 26.0 Å². The Hall–Kier alpha value is -1.40. The first-order chi connectivity index (χ1) is 11.8. The maximum Gasteiger partial charge on any atom is 0.243 e. The van der Waals surface area contributed by atoms with Gasteiger partial charge in [0.05, 0.1) is 4.90 Å². The van der Waals surface area contributed by atoms with Crippen molar-refractivity contribution in [3.8, 4) is 0 Å². The Morgan fingerprint density at radius 1 is 1.16 bits per heavy atom. The number of aryl methyl sites for hydroxylation is 2. The topological polar surface area (TPSA) is 57.7 Å². The summed E-state index contributed by atoms with van der Waals surface area (Å²) in [5.74, 6) is 0.527. The van der Waals surface area contributed by atoms with Crippen LogP contribution in [-0.4, -0.2) is 49.7 Å². The number of hydrogen-bond acceptors (Lipinski definition) is 3. The van der Waals surface area contributed by atoms with Crippen molar-refractivity contribution in [3.63, 3.8) is 0 Å². The van der Waals surface area contributed by atoms with Crippen molar-refractivity contribution in [1.82, 2.24) is 9.21 Å². The highest BCUT2D eigenvalue weighted by molar-refractivity contribution is 7.89. The van der Waals surface area contributed by atoms with Crippen molar-refractivity contribution >= 4 is 15.9 Å². The summed E-state index contributed by atoms with van der Waals surface area (Å²) in [6.07, 6.45) is 2.68. The van der Waals surface area contributed by atoms with E-state index in [-0.39, 0.29) is 5.91 Å². The van der Waals surface area contributed by atoms with E-state index in [4.69, 9.17) is 0 Å². The third kappa shape index (κ3) is 4.82. The average molecular weight is 367 g/mol. The molecule has 1 amide bonds. The number of benzene rings is 1. The zero-order chi connectivity index (χ0) is 18.6. The summed E-state index contributed by atoms with van der Waals surface area (Å²) in [4.78, 5) is 14.5. The van der Waals surface area contributed by atoms with Gasteiger partial charge in [0.25, 0.3) is 0 Å². The zero-order valence-electron chi connectivity index (χ0n) is 15.8. The summed E-state index contributed by atoms with van der Waals surface area (Å²) in [5, 5.41) is 0. The summed E-state index contributed by atoms with van der Waals surface area (Å²) in [7, 11) is -3.49. The second-order valence-electron chi connectivity index (χ2n) is 7.15. The number of carbonyl (C=O) groups excluding carboxylic acids is 1. The van der Waals surface area contributed by atoms with Gasteiger partial charge < -0.3 is 4.90 Å². The molecule has 25 heavy (non-hydrogen) atoms. The van der Waals surface area contributed by atoms with E-state index in [0.717, 1.165) is 24.0 Å². The Balaban J connectivity index is 2.00. The number of piperazine rings is 1. The van der Waals surface area contributed by atoms with Crippen molar-refractivity contribution in [2.24, 2.45) is 5.92 Å². The quantitative estimate of drug-likeness (QED) is 0.778. The number of sulfonamides is 1. The minimum Gasteiger partial charge on any atom is -0.340 e. The molecule has 1 atom stereocenters. The molecule has 0 spiro atoms. The van der Waals surface area contributed by atoms with Crippen molar-refractivity contribution in [1.29, 1.82) is 0 Å². The third-order valence-electron chi connectivity index (χ3n) is 4.84. The molecule has 1 saturated heterocycles. The number of carbonyl (C=O) groups is 1. The van der Waals surface area contributed by atoms with Gasteiger partial charge in [0.2, 0.25) is 15.9 Å². The molecule has 1 fully saturated rings. The van der Waals surface area contributed by atoms with Crippen LogP contribution in [0.5, 0.6) is 0 Å². The average Bonchev–Trinajstić information content (AvgIpc) is 2.54. The predicted octanol–water partition coefficient (Wildman–Crippen LogP) is 2.96. The molecule has 1 unspecified atom stereocenters. The van der Waals surface area contributed by atoms with Crippen LogP contribution < -0.4 is 0 Å². The SMILES string of the molecule is CCCC(C)CC(=O)N1CCN(S(=O)(=O)c2ccc(C)cc2C)CC1. The Kier molecular flexibility index (Phi) is 6.63. The lowest BCUT2D eigenvalue weighted by Crippen LogP contribution is -2.50. The van der Waals surface area contributed by atoms with Crippen molar-refractivity contribution < 1.29 is 13.2 Å². The van der Waals surface area contributed by atoms with Gasteiger partial charge >= 0.3 is 0 Å². The molecule has 2 rings (SSSR count). The molecule has 0 saturated carbocycles. The van der Waals surface area contributed by atoms with Crippen LogP contribution in [-0.2, 0) is 14.8 Å². The van der Waals surface area contributed by atoms with Gasteiger partial charge in [-0.15, -0.1) is 0 Å². The molecule has 0 radical (unpaired) electrons. The Morgan fingerprint density at radius 3 is 2.36 bits per heavy atom. The highest BCUT2D eigenvalue weighted by Gasteiger charge is 2.31. The molecule has 0 N–H and O–H groups in total. The van der Waals surface area contributed by atoms with Gasteiger partial charge in [-0.2, -0.15) is 4.31 Å². The lowest BCUT2D eigenvalue weighted by Gasteiger charge is -2.34. The molecular weight excluding hydrogens is 336 g/mol. The molecule has 1 aliphatic rings. The fourth-order valence-corrected chi connectivity index (χ4v) is 5.06. The Labute approximate surface area is 152 Å². The van der Waals surface area contributed by atoms with Crippen LogP contribution in [0.3, 0.4) is 0 Å². The summed E-state index contributed by atoms with van der Waals surface area (Å²) in [6.45, 7) is 9.68. The first kappa shape index (κ1) is 19.9. The maximum absolute atomic E-state index is 12.9. The Bertz CT molecular complexity index is 707. The molecule has 1 aliphatic heterocycles. The number of nitrogens with zero attached hydrogens (tertiary/aromatic N) is 2. The number of amides is 1. The molecule has 140 valence electrons. The van der Waals surface area contributed by atoms with Crippen LogP contribution in [0.4, 0.5) is 0 Å². The van der Waals surface area contributed by atoms with Gasteiger partial charge in [0.1, 0.15) is 0 Å². The van der Waals surface area contributed by atoms with Gasteiger partial charge in [0.15, 0.2) is 0 Å². The lowest BCUT2D eigenvalue weighted by molar-refractivity contribution is -0.133. The van der Waals surface area contributed by atoms with Gasteiger partial charge in [-0.05, 0) is 31.4 Å². The molecule has 0 aliphatic carbocycles. The van der Waals surface area contributed by atoms with Crippen molar-refractivity contribution in [2.75, 3.05) is 26.2 Å². The van der Waals surface area contributed by atoms with E-state index in [9.17, 15) is 13.2 Å². The standard InChI is InChI=1S/C19H30N2O3S/c1-5-6-15(2)14-19(22)20-9-11-21(12-10-20)25(23,24)18-8-7-16(3)13-17(18)4/h7-8,13,15H,5-6,9-12,14H2,1-4H3. The van der Waals surface area contributed by atoms with E-state index < -0.39 is 10.0 Å². The monoisotopic (exact) mass is 366 g/mol.